The molecule has 0 aliphatic rings. The fourth-order valence-electron chi connectivity index (χ4n) is 2.15. The van der Waals surface area contributed by atoms with Crippen molar-refractivity contribution in [3.05, 3.63) is 40.1 Å². The van der Waals surface area contributed by atoms with Gasteiger partial charge in [-0.15, -0.1) is 17.8 Å². The van der Waals surface area contributed by atoms with Crippen LogP contribution in [-0.4, -0.2) is 45.2 Å². The molecule has 0 bridgehead atoms. The number of hydrogen-bond donors (Lipinski definition) is 2. The number of anilines is 1. The standard InChI is InChI=1S/C19H18N2O6S/c1-4-7-20-17(22)11-27-19(24)12-9-14(25-2)15(26-3)10-13(12)21-18(23)16-6-5-8-28-16/h1,5-6,8-10H,7,11H2,2-3H3,(H,20,22)(H,21,23). The Balaban J connectivity index is 2.27. The fraction of sp³-hybridized carbons (Fsp3) is 0.211. The van der Waals surface area contributed by atoms with E-state index in [1.54, 1.807) is 17.5 Å². The lowest BCUT2D eigenvalue weighted by atomic mass is 10.1. The van der Waals surface area contributed by atoms with Gasteiger partial charge in [0.2, 0.25) is 0 Å². The minimum atomic E-state index is -0.821. The Bertz CT molecular complexity index is 902. The van der Waals surface area contributed by atoms with Gasteiger partial charge in [0.1, 0.15) is 0 Å². The summed E-state index contributed by atoms with van der Waals surface area (Å²) in [6, 6.07) is 6.19. The molecule has 0 fully saturated rings. The molecule has 0 saturated carbocycles. The average Bonchev–Trinajstić information content (AvgIpc) is 3.25. The summed E-state index contributed by atoms with van der Waals surface area (Å²) in [4.78, 5) is 36.9. The fourth-order valence-corrected chi connectivity index (χ4v) is 2.77. The lowest BCUT2D eigenvalue weighted by Crippen LogP contribution is -2.29. The summed E-state index contributed by atoms with van der Waals surface area (Å²) in [5.41, 5.74) is 0.164. The molecule has 0 atom stereocenters. The van der Waals surface area contributed by atoms with Gasteiger partial charge in [-0.1, -0.05) is 12.0 Å². The number of rotatable bonds is 8. The Morgan fingerprint density at radius 3 is 2.50 bits per heavy atom. The number of carbonyl (C=O) groups excluding carboxylic acids is 3. The van der Waals surface area contributed by atoms with Gasteiger partial charge in [0.15, 0.2) is 18.1 Å². The lowest BCUT2D eigenvalue weighted by molar-refractivity contribution is -0.123. The van der Waals surface area contributed by atoms with Crippen LogP contribution >= 0.6 is 11.3 Å². The molecule has 1 heterocycles. The quantitative estimate of drug-likeness (QED) is 0.517. The minimum Gasteiger partial charge on any atom is -0.493 e. The van der Waals surface area contributed by atoms with Crippen molar-refractivity contribution in [2.75, 3.05) is 32.7 Å². The molecule has 0 spiro atoms. The van der Waals surface area contributed by atoms with E-state index < -0.39 is 24.4 Å². The van der Waals surface area contributed by atoms with Crippen molar-refractivity contribution >= 4 is 34.8 Å². The van der Waals surface area contributed by atoms with Crippen LogP contribution in [0.2, 0.25) is 0 Å². The first-order valence-electron chi connectivity index (χ1n) is 7.98. The van der Waals surface area contributed by atoms with Gasteiger partial charge in [0, 0.05) is 12.1 Å². The second-order valence-electron chi connectivity index (χ2n) is 5.24. The Kier molecular flexibility index (Phi) is 7.42. The molecule has 1 aromatic carbocycles. The van der Waals surface area contributed by atoms with Crippen LogP contribution in [-0.2, 0) is 9.53 Å². The molecule has 9 heteroatoms. The average molecular weight is 402 g/mol. The maximum atomic E-state index is 12.5. The topological polar surface area (TPSA) is 103 Å². The van der Waals surface area contributed by atoms with Crippen LogP contribution in [0.5, 0.6) is 11.5 Å². The molecule has 2 amide bonds. The van der Waals surface area contributed by atoms with Gasteiger partial charge in [-0.3, -0.25) is 9.59 Å². The van der Waals surface area contributed by atoms with Crippen molar-refractivity contribution in [3.8, 4) is 23.8 Å². The number of benzene rings is 1. The maximum Gasteiger partial charge on any atom is 0.340 e. The van der Waals surface area contributed by atoms with E-state index >= 15 is 0 Å². The van der Waals surface area contributed by atoms with Gasteiger partial charge in [-0.05, 0) is 11.4 Å². The van der Waals surface area contributed by atoms with Crippen molar-refractivity contribution in [1.82, 2.24) is 5.32 Å². The summed E-state index contributed by atoms with van der Waals surface area (Å²) in [6.07, 6.45) is 5.05. The van der Waals surface area contributed by atoms with Crippen LogP contribution in [0.25, 0.3) is 0 Å². The maximum absolute atomic E-state index is 12.5. The zero-order chi connectivity index (χ0) is 20.5. The summed E-state index contributed by atoms with van der Waals surface area (Å²) in [5.74, 6) is 1.05. The molecule has 2 aromatic rings. The van der Waals surface area contributed by atoms with Crippen molar-refractivity contribution in [1.29, 1.82) is 0 Å². The number of nitrogens with one attached hydrogen (secondary N) is 2. The Hall–Kier alpha value is -3.51. The van der Waals surface area contributed by atoms with Crippen LogP contribution in [0, 0.1) is 12.3 Å². The van der Waals surface area contributed by atoms with E-state index in [4.69, 9.17) is 20.6 Å². The van der Waals surface area contributed by atoms with Crippen LogP contribution in [0.3, 0.4) is 0 Å². The largest absolute Gasteiger partial charge is 0.493 e. The van der Waals surface area contributed by atoms with Crippen molar-refractivity contribution in [2.45, 2.75) is 0 Å². The number of carbonyl (C=O) groups is 3. The van der Waals surface area contributed by atoms with E-state index in [2.05, 4.69) is 16.6 Å². The van der Waals surface area contributed by atoms with Gasteiger partial charge in [0.25, 0.3) is 11.8 Å². The molecule has 2 rings (SSSR count). The van der Waals surface area contributed by atoms with E-state index in [0.29, 0.717) is 10.6 Å². The number of ether oxygens (including phenoxy) is 3. The Labute approximate surface area is 165 Å². The molecule has 0 aliphatic heterocycles. The number of esters is 1. The van der Waals surface area contributed by atoms with Crippen LogP contribution < -0.4 is 20.1 Å². The first kappa shape index (κ1) is 20.8. The zero-order valence-electron chi connectivity index (χ0n) is 15.2. The van der Waals surface area contributed by atoms with E-state index in [0.717, 1.165) is 0 Å². The molecular weight excluding hydrogens is 384 g/mol. The van der Waals surface area contributed by atoms with Crippen LogP contribution in [0.15, 0.2) is 29.6 Å². The molecule has 0 saturated heterocycles. The highest BCUT2D eigenvalue weighted by Gasteiger charge is 2.21. The third-order valence-electron chi connectivity index (χ3n) is 3.46. The third-order valence-corrected chi connectivity index (χ3v) is 4.33. The van der Waals surface area contributed by atoms with Gasteiger partial charge in [-0.25, -0.2) is 4.79 Å². The van der Waals surface area contributed by atoms with Crippen LogP contribution in [0.4, 0.5) is 5.69 Å². The molecule has 0 aliphatic carbocycles. The molecule has 0 unspecified atom stereocenters. The molecule has 2 N–H and O–H groups in total. The molecule has 8 nitrogen and oxygen atoms in total. The van der Waals surface area contributed by atoms with Gasteiger partial charge < -0.3 is 24.8 Å². The normalized spacial score (nSPS) is 9.75. The SMILES string of the molecule is C#CCNC(=O)COC(=O)c1cc(OC)c(OC)cc1NC(=O)c1cccs1. The first-order valence-corrected chi connectivity index (χ1v) is 8.86. The second kappa shape index (κ2) is 9.99. The van der Waals surface area contributed by atoms with Crippen molar-refractivity contribution in [2.24, 2.45) is 0 Å². The van der Waals surface area contributed by atoms with E-state index in [1.807, 2.05) is 0 Å². The smallest absolute Gasteiger partial charge is 0.340 e. The Morgan fingerprint density at radius 2 is 1.89 bits per heavy atom. The highest BCUT2D eigenvalue weighted by atomic mass is 32.1. The number of terminal acetylenes is 1. The Morgan fingerprint density at radius 1 is 1.18 bits per heavy atom. The van der Waals surface area contributed by atoms with E-state index in [-0.39, 0.29) is 23.5 Å². The van der Waals surface area contributed by atoms with Gasteiger partial charge >= 0.3 is 5.97 Å². The number of methoxy groups -OCH3 is 2. The first-order chi connectivity index (χ1) is 13.5. The molecular formula is C19H18N2O6S. The van der Waals surface area contributed by atoms with Crippen LogP contribution in [0.1, 0.15) is 20.0 Å². The van der Waals surface area contributed by atoms with Gasteiger partial charge in [-0.2, -0.15) is 0 Å². The molecule has 28 heavy (non-hydrogen) atoms. The highest BCUT2D eigenvalue weighted by Crippen LogP contribution is 2.34. The number of amides is 2. The molecule has 0 radical (unpaired) electrons. The summed E-state index contributed by atoms with van der Waals surface area (Å²) < 4.78 is 15.4. The summed E-state index contributed by atoms with van der Waals surface area (Å²) in [5, 5.41) is 6.79. The summed E-state index contributed by atoms with van der Waals surface area (Å²) in [6.45, 7) is -0.498. The van der Waals surface area contributed by atoms with Crippen molar-refractivity contribution < 1.29 is 28.6 Å². The van der Waals surface area contributed by atoms with Crippen molar-refractivity contribution in [3.63, 3.8) is 0 Å². The lowest BCUT2D eigenvalue weighted by Gasteiger charge is -2.15. The number of hydrogen-bond acceptors (Lipinski definition) is 7. The predicted molar refractivity (Wildman–Crippen MR) is 104 cm³/mol. The highest BCUT2D eigenvalue weighted by molar-refractivity contribution is 7.12. The van der Waals surface area contributed by atoms with E-state index in [1.165, 1.54) is 37.7 Å². The van der Waals surface area contributed by atoms with Gasteiger partial charge in [0.05, 0.1) is 36.9 Å². The monoisotopic (exact) mass is 402 g/mol. The molecule has 1 aromatic heterocycles. The zero-order valence-corrected chi connectivity index (χ0v) is 16.1. The predicted octanol–water partition coefficient (Wildman–Crippen LogP) is 1.92. The molecule has 146 valence electrons. The minimum absolute atomic E-state index is 0.00676. The summed E-state index contributed by atoms with van der Waals surface area (Å²) in [7, 11) is 2.83. The van der Waals surface area contributed by atoms with E-state index in [9.17, 15) is 14.4 Å². The summed E-state index contributed by atoms with van der Waals surface area (Å²) >= 11 is 1.25. The second-order valence-corrected chi connectivity index (χ2v) is 6.19. The third kappa shape index (κ3) is 5.25. The number of thiophene rings is 1.